The SMILES string of the molecule is [2H]O[As](=O)(C([2H])([2H])[2H])C([2H])([2H])[2H]. The van der Waals surface area contributed by atoms with Crippen molar-refractivity contribution in [2.24, 2.45) is 0 Å². The molecule has 0 aliphatic carbocycles. The Morgan fingerprint density at radius 1 is 2.20 bits per heavy atom. The Morgan fingerprint density at radius 2 is 2.80 bits per heavy atom. The molecule has 0 radical (unpaired) electrons. The molecular formula is C2H7AsO2. The van der Waals surface area contributed by atoms with E-state index in [0.29, 0.717) is 0 Å². The third kappa shape index (κ3) is 229. The monoisotopic (exact) mass is 145 g/mol. The fourth-order valence-corrected chi connectivity index (χ4v) is 0. The second kappa shape index (κ2) is 1.19. The van der Waals surface area contributed by atoms with Gasteiger partial charge in [-0.15, -0.1) is 0 Å². The van der Waals surface area contributed by atoms with Gasteiger partial charge in [-0.3, -0.25) is 0 Å². The maximum atomic E-state index is 11.2. The van der Waals surface area contributed by atoms with E-state index < -0.39 is 25.1 Å². The minimum atomic E-state index is -5.58. The van der Waals surface area contributed by atoms with E-state index >= 15 is 0 Å². The van der Waals surface area contributed by atoms with Gasteiger partial charge >= 0.3 is 42.6 Å². The van der Waals surface area contributed by atoms with Crippen molar-refractivity contribution in [1.29, 1.82) is 1.43 Å². The van der Waals surface area contributed by atoms with Crippen LogP contribution in [-0.2, 0) is 3.74 Å². The van der Waals surface area contributed by atoms with E-state index in [1.54, 1.807) is 0 Å². The van der Waals surface area contributed by atoms with Gasteiger partial charge in [0.15, 0.2) is 0 Å². The van der Waals surface area contributed by atoms with Gasteiger partial charge in [0.05, 0.1) is 0 Å². The Morgan fingerprint density at radius 3 is 2.80 bits per heavy atom. The summed E-state index contributed by atoms with van der Waals surface area (Å²) in [5, 5.41) is 0. The molecule has 2 nitrogen and oxygen atoms in total. The Kier molecular flexibility index (Phi) is 0.184. The molecule has 0 aliphatic rings. The molecule has 0 saturated heterocycles. The third-order valence-corrected chi connectivity index (χ3v) is 0. The van der Waals surface area contributed by atoms with Gasteiger partial charge in [0.2, 0.25) is 0 Å². The second-order valence-electron chi connectivity index (χ2n) is 0.551. The molecule has 0 saturated carbocycles. The van der Waals surface area contributed by atoms with Crippen molar-refractivity contribution in [3.05, 3.63) is 0 Å². The summed E-state index contributed by atoms with van der Waals surface area (Å²) in [6.07, 6.45) is 0. The van der Waals surface area contributed by atoms with E-state index in [1.807, 2.05) is 0 Å². The average molecular weight is 145 g/mol. The van der Waals surface area contributed by atoms with Crippen molar-refractivity contribution >= 4 is 13.8 Å². The summed E-state index contributed by atoms with van der Waals surface area (Å²) in [6, 6.07) is 0. The zero-order chi connectivity index (χ0) is 10.2. The van der Waals surface area contributed by atoms with Gasteiger partial charge < -0.3 is 0 Å². The zero-order valence-electron chi connectivity index (χ0n) is 9.26. The molecule has 1 N–H and O–H groups in total. The number of hydrogen-bond donors (Lipinski definition) is 1. The molecule has 5 heavy (non-hydrogen) atoms. The summed E-state index contributed by atoms with van der Waals surface area (Å²) < 4.78 is 60.6. The van der Waals surface area contributed by atoms with Crippen LogP contribution in [0.5, 0.6) is 0 Å². The van der Waals surface area contributed by atoms with Crippen LogP contribution in [0.2, 0.25) is 11.3 Å². The van der Waals surface area contributed by atoms with Crippen LogP contribution in [0.1, 0.15) is 8.22 Å². The molecule has 0 aromatic rings. The topological polar surface area (TPSA) is 37.3 Å². The van der Waals surface area contributed by atoms with E-state index in [0.717, 1.165) is 0 Å². The Hall–Kier alpha value is 0.318. The van der Waals surface area contributed by atoms with Gasteiger partial charge in [0.25, 0.3) is 0 Å². The Labute approximate surface area is 43.8 Å². The third-order valence-electron chi connectivity index (χ3n) is 0. The van der Waals surface area contributed by atoms with Crippen LogP contribution in [0, 0.1) is 0 Å². The van der Waals surface area contributed by atoms with Crippen molar-refractivity contribution in [2.75, 3.05) is 0 Å². The summed E-state index contributed by atoms with van der Waals surface area (Å²) in [6.45, 7) is 0. The van der Waals surface area contributed by atoms with Gasteiger partial charge in [0.1, 0.15) is 0 Å². The van der Waals surface area contributed by atoms with E-state index in [-0.39, 0.29) is 0 Å². The summed E-state index contributed by atoms with van der Waals surface area (Å²) in [5.74, 6) is 0. The van der Waals surface area contributed by atoms with Crippen molar-refractivity contribution < 1.29 is 16.1 Å². The van der Waals surface area contributed by atoms with Gasteiger partial charge in [-0.1, -0.05) is 0 Å². The van der Waals surface area contributed by atoms with Crippen LogP contribution in [0.4, 0.5) is 0 Å². The summed E-state index contributed by atoms with van der Waals surface area (Å²) in [4.78, 5) is 0. The van der Waals surface area contributed by atoms with Crippen LogP contribution >= 0.6 is 0 Å². The van der Waals surface area contributed by atoms with E-state index in [1.165, 1.54) is 0 Å². The van der Waals surface area contributed by atoms with Gasteiger partial charge in [-0.2, -0.15) is 0 Å². The molecule has 0 aromatic heterocycles. The van der Waals surface area contributed by atoms with Crippen LogP contribution < -0.4 is 0 Å². The van der Waals surface area contributed by atoms with Crippen molar-refractivity contribution in [1.82, 2.24) is 0 Å². The number of rotatable bonds is 1. The Bertz CT molecular complexity index is 184. The molecular weight excluding hydrogens is 131 g/mol. The van der Waals surface area contributed by atoms with E-state index in [2.05, 4.69) is 4.10 Å². The minimum absolute atomic E-state index is 3.22. The summed E-state index contributed by atoms with van der Waals surface area (Å²) in [5.41, 5.74) is -6.43. The molecule has 0 heterocycles. The van der Waals surface area contributed by atoms with Crippen LogP contribution in [0.3, 0.4) is 0 Å². The van der Waals surface area contributed by atoms with Gasteiger partial charge in [0, 0.05) is 0 Å². The quantitative estimate of drug-likeness (QED) is 0.531. The van der Waals surface area contributed by atoms with Crippen molar-refractivity contribution in [3.8, 4) is 0 Å². The molecule has 32 valence electrons. The predicted octanol–water partition coefficient (Wildman–Crippen LogP) is 0.111. The summed E-state index contributed by atoms with van der Waals surface area (Å²) >= 11 is -5.58. The molecule has 0 rings (SSSR count). The first kappa shape index (κ1) is 0.774. The average Bonchev–Trinajstić information content (AvgIpc) is 1.81. The molecule has 0 atom stereocenters. The molecule has 0 fully saturated rings. The van der Waals surface area contributed by atoms with E-state index in [9.17, 15) is 3.74 Å². The van der Waals surface area contributed by atoms with Crippen molar-refractivity contribution in [3.63, 3.8) is 0 Å². The van der Waals surface area contributed by atoms with Gasteiger partial charge in [-0.25, -0.2) is 0 Å². The maximum absolute atomic E-state index is 11.2. The normalized spacial score (nSPS) is 37.2. The Balaban J connectivity index is 5.11. The first-order valence-electron chi connectivity index (χ1n) is 4.22. The van der Waals surface area contributed by atoms with Gasteiger partial charge in [-0.05, 0) is 0 Å². The first-order valence-corrected chi connectivity index (χ1v) is 4.22. The summed E-state index contributed by atoms with van der Waals surface area (Å²) in [7, 11) is 0. The fraction of sp³-hybridized carbons (Fsp3) is 1.00. The molecule has 0 aliphatic heterocycles. The van der Waals surface area contributed by atoms with Crippen LogP contribution in [0.25, 0.3) is 0 Å². The zero-order valence-corrected chi connectivity index (χ0v) is 4.14. The van der Waals surface area contributed by atoms with Crippen LogP contribution in [0.15, 0.2) is 0 Å². The molecule has 3 heteroatoms. The second-order valence-corrected chi connectivity index (χ2v) is 2.87. The molecule has 0 spiro atoms. The molecule has 0 aromatic carbocycles. The standard InChI is InChI=1S/C2H7AsO2/c1-3(2,4)5/h1-2H3,(H,4,5)/i1D3,2D3/hD. The first-order chi connectivity index (χ1) is 5.06. The molecule has 0 amide bonds. The molecule has 0 unspecified atom stereocenters. The van der Waals surface area contributed by atoms with E-state index in [4.69, 9.17) is 9.66 Å². The fourth-order valence-electron chi connectivity index (χ4n) is 0. The predicted molar refractivity (Wildman–Crippen MR) is 20.4 cm³/mol. The van der Waals surface area contributed by atoms with Crippen molar-refractivity contribution in [2.45, 2.75) is 11.3 Å². The van der Waals surface area contributed by atoms with Crippen LogP contribution in [-0.4, -0.2) is 19.4 Å². The number of hydrogen-bond acceptors (Lipinski definition) is 2. The molecule has 0 bridgehead atoms.